The van der Waals surface area contributed by atoms with Crippen LogP contribution in [0.25, 0.3) is 6.08 Å². The summed E-state index contributed by atoms with van der Waals surface area (Å²) in [5.74, 6) is -0.969. The number of carboxylic acid groups (broad SMARTS) is 1. The van der Waals surface area contributed by atoms with E-state index in [1.807, 2.05) is 72.8 Å². The molecule has 1 N–H and O–H groups in total. The van der Waals surface area contributed by atoms with Gasteiger partial charge < -0.3 is 9.84 Å². The Balaban J connectivity index is 0.000000251. The molecule has 0 heterocycles. The van der Waals surface area contributed by atoms with Gasteiger partial charge in [0, 0.05) is 13.3 Å². The van der Waals surface area contributed by atoms with Crippen molar-refractivity contribution in [3.05, 3.63) is 77.9 Å². The van der Waals surface area contributed by atoms with Gasteiger partial charge in [0.25, 0.3) is 0 Å². The van der Waals surface area contributed by atoms with Crippen LogP contribution in [0.1, 0.15) is 30.9 Å². The fourth-order valence-electron chi connectivity index (χ4n) is 2.00. The van der Waals surface area contributed by atoms with Gasteiger partial charge in [-0.2, -0.15) is 0 Å². The van der Waals surface area contributed by atoms with E-state index in [1.54, 1.807) is 0 Å². The zero-order chi connectivity index (χ0) is 18.3. The maximum atomic E-state index is 10.4. The Morgan fingerprint density at radius 3 is 2.16 bits per heavy atom. The van der Waals surface area contributed by atoms with Crippen LogP contribution in [0.5, 0.6) is 0 Å². The Morgan fingerprint density at radius 2 is 1.60 bits per heavy atom. The van der Waals surface area contributed by atoms with Gasteiger partial charge in [0.1, 0.15) is 6.61 Å². The molecule has 0 aliphatic carbocycles. The van der Waals surface area contributed by atoms with Gasteiger partial charge in [-0.05, 0) is 30.0 Å². The molecule has 0 aliphatic rings. The highest BCUT2D eigenvalue weighted by atomic mass is 16.5. The smallest absolute Gasteiger partial charge is 0.303 e. The fourth-order valence-corrected chi connectivity index (χ4v) is 2.00. The second kappa shape index (κ2) is 12.5. The number of benzene rings is 2. The largest absolute Gasteiger partial charge is 0.481 e. The van der Waals surface area contributed by atoms with Crippen LogP contribution in [-0.4, -0.2) is 23.7 Å². The molecule has 0 amide bonds. The first-order valence-electron chi connectivity index (χ1n) is 8.18. The number of carbonyl (C=O) groups excluding carboxylic acids is 1. The number of esters is 1. The average molecular weight is 340 g/mol. The SMILES string of the molecule is CC(=O)OCC=Cc1ccccc1.O=C(O)CCCc1ccccc1. The van der Waals surface area contributed by atoms with Crippen molar-refractivity contribution in [3.8, 4) is 0 Å². The quantitative estimate of drug-likeness (QED) is 0.761. The lowest BCUT2D eigenvalue weighted by Gasteiger charge is -1.97. The van der Waals surface area contributed by atoms with Crippen LogP contribution in [0.2, 0.25) is 0 Å². The number of aryl methyl sites for hydroxylation is 1. The molecule has 0 saturated carbocycles. The summed E-state index contributed by atoms with van der Waals surface area (Å²) in [6.45, 7) is 1.74. The van der Waals surface area contributed by atoms with E-state index in [9.17, 15) is 9.59 Å². The number of rotatable bonds is 7. The van der Waals surface area contributed by atoms with Crippen LogP contribution in [0, 0.1) is 0 Å². The van der Waals surface area contributed by atoms with Crippen LogP contribution in [0.4, 0.5) is 0 Å². The standard InChI is InChI=1S/C11H12O2.C10H12O2/c1-10(12)13-9-5-8-11-6-3-2-4-7-11;11-10(12)8-4-7-9-5-2-1-3-6-9/h2-8H,9H2,1H3;1-3,5-6H,4,7-8H2,(H,11,12). The van der Waals surface area contributed by atoms with Crippen molar-refractivity contribution >= 4 is 18.0 Å². The molecule has 0 atom stereocenters. The maximum Gasteiger partial charge on any atom is 0.303 e. The summed E-state index contributed by atoms with van der Waals surface area (Å²) in [5, 5.41) is 8.39. The number of aliphatic carboxylic acids is 1. The predicted molar refractivity (Wildman–Crippen MR) is 99.1 cm³/mol. The molecular formula is C21H24O4. The first-order valence-corrected chi connectivity index (χ1v) is 8.18. The highest BCUT2D eigenvalue weighted by Gasteiger charge is 1.96. The topological polar surface area (TPSA) is 63.6 Å². The van der Waals surface area contributed by atoms with Crippen molar-refractivity contribution in [2.75, 3.05) is 6.61 Å². The third-order valence-electron chi connectivity index (χ3n) is 3.19. The Bertz CT molecular complexity index is 648. The molecule has 0 spiro atoms. The van der Waals surface area contributed by atoms with Gasteiger partial charge in [-0.15, -0.1) is 0 Å². The summed E-state index contributed by atoms with van der Waals surface area (Å²) < 4.78 is 4.74. The van der Waals surface area contributed by atoms with E-state index >= 15 is 0 Å². The summed E-state index contributed by atoms with van der Waals surface area (Å²) in [5.41, 5.74) is 2.31. The van der Waals surface area contributed by atoms with Gasteiger partial charge in [0.2, 0.25) is 0 Å². The second-order valence-corrected chi connectivity index (χ2v) is 5.35. The van der Waals surface area contributed by atoms with Crippen molar-refractivity contribution in [1.82, 2.24) is 0 Å². The lowest BCUT2D eigenvalue weighted by Crippen LogP contribution is -1.97. The third kappa shape index (κ3) is 11.3. The molecule has 4 nitrogen and oxygen atoms in total. The van der Waals surface area contributed by atoms with E-state index in [2.05, 4.69) is 0 Å². The van der Waals surface area contributed by atoms with E-state index < -0.39 is 5.97 Å². The maximum absolute atomic E-state index is 10.4. The Labute approximate surface area is 148 Å². The highest BCUT2D eigenvalue weighted by Crippen LogP contribution is 2.04. The van der Waals surface area contributed by atoms with Crippen molar-refractivity contribution < 1.29 is 19.4 Å². The summed E-state index contributed by atoms with van der Waals surface area (Å²) >= 11 is 0. The third-order valence-corrected chi connectivity index (χ3v) is 3.19. The lowest BCUT2D eigenvalue weighted by molar-refractivity contribution is -0.140. The molecule has 0 radical (unpaired) electrons. The van der Waals surface area contributed by atoms with E-state index in [0.717, 1.165) is 18.4 Å². The number of carbonyl (C=O) groups is 2. The molecular weight excluding hydrogens is 316 g/mol. The average Bonchev–Trinajstić information content (AvgIpc) is 2.61. The van der Waals surface area contributed by atoms with Crippen LogP contribution < -0.4 is 0 Å². The second-order valence-electron chi connectivity index (χ2n) is 5.35. The van der Waals surface area contributed by atoms with Gasteiger partial charge in [-0.3, -0.25) is 9.59 Å². The molecule has 0 bridgehead atoms. The molecule has 2 rings (SSSR count). The van der Waals surface area contributed by atoms with Crippen LogP contribution >= 0.6 is 0 Å². The monoisotopic (exact) mass is 340 g/mol. The molecule has 2 aromatic rings. The first-order chi connectivity index (χ1) is 12.1. The summed E-state index contributed by atoms with van der Waals surface area (Å²) in [7, 11) is 0. The molecule has 2 aromatic carbocycles. The Kier molecular flexibility index (Phi) is 10.1. The number of hydrogen-bond acceptors (Lipinski definition) is 3. The number of hydrogen-bond donors (Lipinski definition) is 1. The van der Waals surface area contributed by atoms with Gasteiger partial charge >= 0.3 is 11.9 Å². The van der Waals surface area contributed by atoms with Crippen molar-refractivity contribution in [2.45, 2.75) is 26.2 Å². The van der Waals surface area contributed by atoms with Gasteiger partial charge in [-0.25, -0.2) is 0 Å². The number of carboxylic acids is 1. The first kappa shape index (κ1) is 20.2. The summed E-state index contributed by atoms with van der Waals surface area (Å²) in [6.07, 6.45) is 5.57. The van der Waals surface area contributed by atoms with Crippen LogP contribution in [0.3, 0.4) is 0 Å². The zero-order valence-electron chi connectivity index (χ0n) is 14.4. The minimum atomic E-state index is -0.717. The molecule has 25 heavy (non-hydrogen) atoms. The Hall–Kier alpha value is -2.88. The van der Waals surface area contributed by atoms with Crippen molar-refractivity contribution in [3.63, 3.8) is 0 Å². The zero-order valence-corrected chi connectivity index (χ0v) is 14.4. The number of ether oxygens (including phenoxy) is 1. The highest BCUT2D eigenvalue weighted by molar-refractivity contribution is 5.66. The van der Waals surface area contributed by atoms with Gasteiger partial charge in [-0.1, -0.05) is 66.7 Å². The Morgan fingerprint density at radius 1 is 1.00 bits per heavy atom. The summed E-state index contributed by atoms with van der Waals surface area (Å²) in [6, 6.07) is 19.8. The molecule has 0 fully saturated rings. The fraction of sp³-hybridized carbons (Fsp3) is 0.238. The molecule has 0 saturated heterocycles. The summed E-state index contributed by atoms with van der Waals surface area (Å²) in [4.78, 5) is 20.6. The van der Waals surface area contributed by atoms with E-state index in [4.69, 9.17) is 9.84 Å². The van der Waals surface area contributed by atoms with Crippen LogP contribution in [0.15, 0.2) is 66.7 Å². The normalized spacial score (nSPS) is 9.96. The van der Waals surface area contributed by atoms with Crippen LogP contribution in [-0.2, 0) is 20.7 Å². The van der Waals surface area contributed by atoms with E-state index in [1.165, 1.54) is 12.5 Å². The minimum absolute atomic E-state index is 0.252. The van der Waals surface area contributed by atoms with E-state index in [0.29, 0.717) is 6.61 Å². The minimum Gasteiger partial charge on any atom is -0.481 e. The van der Waals surface area contributed by atoms with E-state index in [-0.39, 0.29) is 12.4 Å². The van der Waals surface area contributed by atoms with Gasteiger partial charge in [0.05, 0.1) is 0 Å². The lowest BCUT2D eigenvalue weighted by atomic mass is 10.1. The molecule has 4 heteroatoms. The molecule has 132 valence electrons. The molecule has 0 aliphatic heterocycles. The molecule has 0 unspecified atom stereocenters. The van der Waals surface area contributed by atoms with Gasteiger partial charge in [0.15, 0.2) is 0 Å². The van der Waals surface area contributed by atoms with Crippen molar-refractivity contribution in [1.29, 1.82) is 0 Å². The molecule has 0 aromatic heterocycles. The van der Waals surface area contributed by atoms with Crippen molar-refractivity contribution in [2.24, 2.45) is 0 Å². The predicted octanol–water partition coefficient (Wildman–Crippen LogP) is 4.36.